The highest BCUT2D eigenvalue weighted by Crippen LogP contribution is 2.31. The summed E-state index contributed by atoms with van der Waals surface area (Å²) in [4.78, 5) is 14.3. The molecule has 2 aliphatic rings. The third-order valence-corrected chi connectivity index (χ3v) is 6.23. The molecule has 1 fully saturated rings. The number of anilines is 1. The van der Waals surface area contributed by atoms with Gasteiger partial charge >= 0.3 is 0 Å². The zero-order valence-electron chi connectivity index (χ0n) is 17.3. The number of halogens is 3. The molecule has 31 heavy (non-hydrogen) atoms. The fourth-order valence-corrected chi connectivity index (χ4v) is 4.59. The number of rotatable bonds is 6. The molecule has 4 rings (SSSR count). The summed E-state index contributed by atoms with van der Waals surface area (Å²) in [7, 11) is 0. The molecule has 1 N–H and O–H groups in total. The Morgan fingerprint density at radius 3 is 2.74 bits per heavy atom. The van der Waals surface area contributed by atoms with Gasteiger partial charge in [0.1, 0.15) is 11.6 Å². The van der Waals surface area contributed by atoms with Crippen LogP contribution in [0.3, 0.4) is 0 Å². The van der Waals surface area contributed by atoms with Crippen molar-refractivity contribution in [3.63, 3.8) is 0 Å². The number of nitrogens with one attached hydrogen (secondary N) is 1. The van der Waals surface area contributed by atoms with Crippen LogP contribution in [0.5, 0.6) is 0 Å². The lowest BCUT2D eigenvalue weighted by Gasteiger charge is -2.19. The Morgan fingerprint density at radius 1 is 1.19 bits per heavy atom. The standard InChI is InChI=1S/C25H25ClF2N2O/c1-16(23-9-11-30(25(23)31)22-14-20(27)13-21(28)15-22)29-10-8-18-5-3-2-4-17-6-7-19(26)12-24(17)18/h5-7,12-15,23,29H,1-4,8-11H2/t23-/m0/s1. The van der Waals surface area contributed by atoms with Crippen LogP contribution in [0.2, 0.25) is 5.02 Å². The van der Waals surface area contributed by atoms with Gasteiger partial charge < -0.3 is 10.2 Å². The van der Waals surface area contributed by atoms with Crippen molar-refractivity contribution in [1.82, 2.24) is 5.32 Å². The van der Waals surface area contributed by atoms with E-state index in [0.29, 0.717) is 25.2 Å². The fraction of sp³-hybridized carbons (Fsp3) is 0.320. The largest absolute Gasteiger partial charge is 0.388 e. The molecule has 1 amide bonds. The average Bonchev–Trinajstić information content (AvgIpc) is 2.99. The fourth-order valence-electron chi connectivity index (χ4n) is 4.42. The van der Waals surface area contributed by atoms with Crippen LogP contribution in [0.15, 0.2) is 54.8 Å². The number of hydrogen-bond acceptors (Lipinski definition) is 2. The summed E-state index contributed by atoms with van der Waals surface area (Å²) in [5.41, 5.74) is 4.66. The zero-order valence-corrected chi connectivity index (χ0v) is 18.0. The minimum Gasteiger partial charge on any atom is -0.388 e. The second-order valence-electron chi connectivity index (χ2n) is 8.08. The van der Waals surface area contributed by atoms with Crippen LogP contribution in [0.25, 0.3) is 5.57 Å². The Balaban J connectivity index is 1.37. The van der Waals surface area contributed by atoms with Crippen molar-refractivity contribution >= 4 is 28.8 Å². The molecule has 6 heteroatoms. The van der Waals surface area contributed by atoms with Crippen molar-refractivity contribution in [3.8, 4) is 0 Å². The van der Waals surface area contributed by atoms with Crippen LogP contribution in [-0.4, -0.2) is 19.0 Å². The molecule has 1 aliphatic carbocycles. The van der Waals surface area contributed by atoms with Gasteiger partial charge in [0.2, 0.25) is 5.91 Å². The molecule has 0 spiro atoms. The van der Waals surface area contributed by atoms with Gasteiger partial charge in [-0.3, -0.25) is 4.79 Å². The van der Waals surface area contributed by atoms with Crippen molar-refractivity contribution in [3.05, 3.63) is 82.5 Å². The van der Waals surface area contributed by atoms with Crippen molar-refractivity contribution in [1.29, 1.82) is 0 Å². The predicted molar refractivity (Wildman–Crippen MR) is 121 cm³/mol. The lowest BCUT2D eigenvalue weighted by Crippen LogP contribution is -2.31. The summed E-state index contributed by atoms with van der Waals surface area (Å²) in [5.74, 6) is -1.98. The van der Waals surface area contributed by atoms with Crippen molar-refractivity contribution in [2.45, 2.75) is 32.1 Å². The summed E-state index contributed by atoms with van der Waals surface area (Å²) < 4.78 is 27.1. The third-order valence-electron chi connectivity index (χ3n) is 5.99. The van der Waals surface area contributed by atoms with Crippen LogP contribution in [-0.2, 0) is 11.2 Å². The summed E-state index contributed by atoms with van der Waals surface area (Å²) in [6.45, 7) is 5.12. The lowest BCUT2D eigenvalue weighted by molar-refractivity contribution is -0.119. The first-order chi connectivity index (χ1) is 14.9. The van der Waals surface area contributed by atoms with Gasteiger partial charge in [-0.15, -0.1) is 0 Å². The van der Waals surface area contributed by atoms with E-state index in [0.717, 1.165) is 36.8 Å². The molecule has 0 aromatic heterocycles. The minimum atomic E-state index is -0.694. The molecule has 1 atom stereocenters. The number of hydrogen-bond donors (Lipinski definition) is 1. The number of carbonyl (C=O) groups excluding carboxylic acids is 1. The van der Waals surface area contributed by atoms with Gasteiger partial charge in [-0.25, -0.2) is 8.78 Å². The van der Waals surface area contributed by atoms with Gasteiger partial charge in [-0.2, -0.15) is 0 Å². The summed E-state index contributed by atoms with van der Waals surface area (Å²) in [5, 5.41) is 4.03. The SMILES string of the molecule is C=C(NCCC1=CCCCc2ccc(Cl)cc21)[C@@H]1CCN(c2cc(F)cc(F)c2)C1=O. The van der Waals surface area contributed by atoms with E-state index in [9.17, 15) is 13.6 Å². The van der Waals surface area contributed by atoms with Crippen LogP contribution in [0.4, 0.5) is 14.5 Å². The van der Waals surface area contributed by atoms with E-state index in [4.69, 9.17) is 11.6 Å². The quantitative estimate of drug-likeness (QED) is 0.605. The Kier molecular flexibility index (Phi) is 6.42. The Hall–Kier alpha value is -2.66. The first kappa shape index (κ1) is 21.6. The van der Waals surface area contributed by atoms with Gasteiger partial charge in [-0.05, 0) is 73.1 Å². The zero-order chi connectivity index (χ0) is 22.0. The summed E-state index contributed by atoms with van der Waals surface area (Å²) >= 11 is 6.22. The second-order valence-corrected chi connectivity index (χ2v) is 8.52. The van der Waals surface area contributed by atoms with Gasteiger partial charge in [0.15, 0.2) is 0 Å². The van der Waals surface area contributed by atoms with Gasteiger partial charge in [-0.1, -0.05) is 30.3 Å². The number of aryl methyl sites for hydroxylation is 1. The number of benzene rings is 2. The Bertz CT molecular complexity index is 1030. The molecule has 2 aromatic carbocycles. The molecule has 0 bridgehead atoms. The van der Waals surface area contributed by atoms with E-state index in [1.54, 1.807) is 0 Å². The smallest absolute Gasteiger partial charge is 0.236 e. The molecule has 1 saturated heterocycles. The number of fused-ring (bicyclic) bond motifs is 1. The molecule has 0 radical (unpaired) electrons. The van der Waals surface area contributed by atoms with E-state index in [-0.39, 0.29) is 11.6 Å². The van der Waals surface area contributed by atoms with Gasteiger partial charge in [0.05, 0.1) is 5.92 Å². The van der Waals surface area contributed by atoms with Crippen molar-refractivity contribution in [2.75, 3.05) is 18.0 Å². The number of allylic oxidation sites excluding steroid dienone is 1. The highest BCUT2D eigenvalue weighted by atomic mass is 35.5. The van der Waals surface area contributed by atoms with Crippen LogP contribution in [0, 0.1) is 17.6 Å². The second kappa shape index (κ2) is 9.23. The number of nitrogens with zero attached hydrogens (tertiary/aromatic N) is 1. The Labute approximate surface area is 186 Å². The van der Waals surface area contributed by atoms with Crippen LogP contribution < -0.4 is 10.2 Å². The molecular formula is C25H25ClF2N2O. The van der Waals surface area contributed by atoms with Crippen molar-refractivity contribution in [2.24, 2.45) is 5.92 Å². The first-order valence-electron chi connectivity index (χ1n) is 10.6. The van der Waals surface area contributed by atoms with E-state index in [1.165, 1.54) is 33.7 Å². The third kappa shape index (κ3) is 4.82. The molecule has 2 aromatic rings. The first-order valence-corrected chi connectivity index (χ1v) is 11.0. The van der Waals surface area contributed by atoms with Crippen molar-refractivity contribution < 1.29 is 13.6 Å². The topological polar surface area (TPSA) is 32.3 Å². The monoisotopic (exact) mass is 442 g/mol. The highest BCUT2D eigenvalue weighted by Gasteiger charge is 2.34. The van der Waals surface area contributed by atoms with Gasteiger partial charge in [0, 0.05) is 35.6 Å². The molecular weight excluding hydrogens is 418 g/mol. The van der Waals surface area contributed by atoms with E-state index >= 15 is 0 Å². The molecule has 1 heterocycles. The Morgan fingerprint density at radius 2 is 1.97 bits per heavy atom. The van der Waals surface area contributed by atoms with E-state index in [1.807, 2.05) is 12.1 Å². The average molecular weight is 443 g/mol. The molecule has 3 nitrogen and oxygen atoms in total. The normalized spacial score (nSPS) is 18.4. The minimum absolute atomic E-state index is 0.187. The maximum atomic E-state index is 13.5. The van der Waals surface area contributed by atoms with Crippen LogP contribution in [0.1, 0.15) is 36.8 Å². The highest BCUT2D eigenvalue weighted by molar-refractivity contribution is 6.30. The van der Waals surface area contributed by atoms with E-state index < -0.39 is 17.6 Å². The molecule has 0 unspecified atom stereocenters. The molecule has 162 valence electrons. The van der Waals surface area contributed by atoms with Gasteiger partial charge in [0.25, 0.3) is 0 Å². The lowest BCUT2D eigenvalue weighted by atomic mass is 9.97. The maximum absolute atomic E-state index is 13.5. The number of carbonyl (C=O) groups is 1. The molecule has 0 saturated carbocycles. The summed E-state index contributed by atoms with van der Waals surface area (Å²) in [6.07, 6.45) is 6.82. The summed E-state index contributed by atoms with van der Waals surface area (Å²) in [6, 6.07) is 9.23. The predicted octanol–water partition coefficient (Wildman–Crippen LogP) is 5.88. The van der Waals surface area contributed by atoms with Crippen LogP contribution >= 0.6 is 11.6 Å². The maximum Gasteiger partial charge on any atom is 0.236 e. The van der Waals surface area contributed by atoms with E-state index in [2.05, 4.69) is 24.0 Å². The number of amides is 1. The molecule has 1 aliphatic heterocycles.